The van der Waals surface area contributed by atoms with E-state index in [9.17, 15) is 4.79 Å². The van der Waals surface area contributed by atoms with Crippen LogP contribution in [0.25, 0.3) is 0 Å². The number of hydrogen-bond donors (Lipinski definition) is 2. The Morgan fingerprint density at radius 3 is 2.73 bits per heavy atom. The molecule has 0 saturated carbocycles. The van der Waals surface area contributed by atoms with Crippen molar-refractivity contribution in [2.45, 2.75) is 20.0 Å². The van der Waals surface area contributed by atoms with Crippen molar-refractivity contribution in [1.82, 2.24) is 0 Å². The Morgan fingerprint density at radius 1 is 1.53 bits per heavy atom. The van der Waals surface area contributed by atoms with Gasteiger partial charge in [0, 0.05) is 10.2 Å². The Balaban J connectivity index is 2.68. The number of anilines is 2. The molecule has 0 bridgehead atoms. The summed E-state index contributed by atoms with van der Waals surface area (Å²) in [6.07, 6.45) is -0.618. The lowest BCUT2D eigenvalue weighted by Crippen LogP contribution is -2.18. The van der Waals surface area contributed by atoms with Crippen LogP contribution in [-0.2, 0) is 4.74 Å². The number of rotatable bonds is 2. The molecule has 15 heavy (non-hydrogen) atoms. The highest BCUT2D eigenvalue weighted by Gasteiger charge is 2.07. The highest BCUT2D eigenvalue weighted by molar-refractivity contribution is 9.10. The third-order valence-corrected chi connectivity index (χ3v) is 2.23. The monoisotopic (exact) mass is 272 g/mol. The molecule has 4 nitrogen and oxygen atoms in total. The van der Waals surface area contributed by atoms with E-state index in [0.717, 1.165) is 4.47 Å². The molecule has 0 unspecified atom stereocenters. The number of benzene rings is 1. The van der Waals surface area contributed by atoms with Gasteiger partial charge >= 0.3 is 6.09 Å². The standard InChI is InChI=1S/C10H13BrN2O2/c1-6(2)15-10(14)13-9-4-3-7(12)5-8(9)11/h3-6H,12H2,1-2H3,(H,13,14). The molecule has 0 aliphatic rings. The summed E-state index contributed by atoms with van der Waals surface area (Å²) in [5, 5.41) is 2.61. The molecule has 0 heterocycles. The van der Waals surface area contributed by atoms with Crippen LogP contribution in [0.1, 0.15) is 13.8 Å². The first-order chi connectivity index (χ1) is 6.99. The number of nitrogens with two attached hydrogens (primary N) is 1. The van der Waals surface area contributed by atoms with Crippen molar-refractivity contribution < 1.29 is 9.53 Å². The van der Waals surface area contributed by atoms with Gasteiger partial charge in [-0.1, -0.05) is 0 Å². The molecule has 5 heteroatoms. The molecule has 0 spiro atoms. The maximum Gasteiger partial charge on any atom is 0.411 e. The quantitative estimate of drug-likeness (QED) is 0.814. The largest absolute Gasteiger partial charge is 0.447 e. The Hall–Kier alpha value is -1.23. The molecule has 1 aromatic rings. The van der Waals surface area contributed by atoms with E-state index in [2.05, 4.69) is 21.2 Å². The van der Waals surface area contributed by atoms with Gasteiger partial charge in [-0.25, -0.2) is 4.79 Å². The predicted octanol–water partition coefficient (Wildman–Crippen LogP) is 2.99. The van der Waals surface area contributed by atoms with Crippen LogP contribution in [0.2, 0.25) is 0 Å². The van der Waals surface area contributed by atoms with E-state index in [1.54, 1.807) is 32.0 Å². The molecule has 0 radical (unpaired) electrons. The van der Waals surface area contributed by atoms with Gasteiger partial charge in [0.1, 0.15) is 0 Å². The van der Waals surface area contributed by atoms with E-state index >= 15 is 0 Å². The van der Waals surface area contributed by atoms with Gasteiger partial charge in [-0.3, -0.25) is 5.32 Å². The van der Waals surface area contributed by atoms with Crippen molar-refractivity contribution in [3.63, 3.8) is 0 Å². The van der Waals surface area contributed by atoms with Crippen LogP contribution >= 0.6 is 15.9 Å². The fourth-order valence-corrected chi connectivity index (χ4v) is 1.48. The fraction of sp³-hybridized carbons (Fsp3) is 0.300. The van der Waals surface area contributed by atoms with Gasteiger partial charge in [0.2, 0.25) is 0 Å². The van der Waals surface area contributed by atoms with Gasteiger partial charge in [0.25, 0.3) is 0 Å². The molecule has 1 aromatic carbocycles. The van der Waals surface area contributed by atoms with Crippen LogP contribution in [0.4, 0.5) is 16.2 Å². The predicted molar refractivity (Wildman–Crippen MR) is 63.8 cm³/mol. The van der Waals surface area contributed by atoms with Crippen molar-refractivity contribution in [3.8, 4) is 0 Å². The number of nitrogens with one attached hydrogen (secondary N) is 1. The van der Waals surface area contributed by atoms with Crippen molar-refractivity contribution in [2.24, 2.45) is 0 Å². The highest BCUT2D eigenvalue weighted by Crippen LogP contribution is 2.24. The summed E-state index contributed by atoms with van der Waals surface area (Å²) in [5.41, 5.74) is 6.83. The van der Waals surface area contributed by atoms with Gasteiger partial charge < -0.3 is 10.5 Å². The molecule has 3 N–H and O–H groups in total. The normalized spacial score (nSPS) is 10.1. The number of nitrogen functional groups attached to an aromatic ring is 1. The van der Waals surface area contributed by atoms with E-state index < -0.39 is 6.09 Å². The zero-order chi connectivity index (χ0) is 11.4. The first-order valence-electron chi connectivity index (χ1n) is 4.51. The summed E-state index contributed by atoms with van der Waals surface area (Å²) in [7, 11) is 0. The van der Waals surface area contributed by atoms with Crippen LogP contribution in [0.3, 0.4) is 0 Å². The molecule has 0 aliphatic carbocycles. The second-order valence-corrected chi connectivity index (χ2v) is 4.17. The van der Waals surface area contributed by atoms with E-state index in [1.165, 1.54) is 0 Å². The SMILES string of the molecule is CC(C)OC(=O)Nc1ccc(N)cc1Br. The second-order valence-electron chi connectivity index (χ2n) is 3.32. The number of ether oxygens (including phenoxy) is 1. The molecule has 1 amide bonds. The molecule has 0 atom stereocenters. The number of carbonyl (C=O) groups is 1. The Morgan fingerprint density at radius 2 is 2.20 bits per heavy atom. The molecular formula is C10H13BrN2O2. The lowest BCUT2D eigenvalue weighted by atomic mass is 10.3. The summed E-state index contributed by atoms with van der Waals surface area (Å²) in [6.45, 7) is 3.58. The van der Waals surface area contributed by atoms with Crippen molar-refractivity contribution in [2.75, 3.05) is 11.1 Å². The van der Waals surface area contributed by atoms with E-state index in [1.807, 2.05) is 0 Å². The van der Waals surface area contributed by atoms with Gasteiger partial charge in [-0.05, 0) is 48.0 Å². The topological polar surface area (TPSA) is 64.3 Å². The minimum Gasteiger partial charge on any atom is -0.447 e. The number of carbonyl (C=O) groups excluding carboxylic acids is 1. The van der Waals surface area contributed by atoms with Crippen LogP contribution in [-0.4, -0.2) is 12.2 Å². The Bertz CT molecular complexity index is 366. The zero-order valence-electron chi connectivity index (χ0n) is 8.58. The van der Waals surface area contributed by atoms with Crippen LogP contribution < -0.4 is 11.1 Å². The third-order valence-electron chi connectivity index (χ3n) is 1.57. The highest BCUT2D eigenvalue weighted by atomic mass is 79.9. The first kappa shape index (κ1) is 11.8. The zero-order valence-corrected chi connectivity index (χ0v) is 10.2. The maximum atomic E-state index is 11.3. The molecule has 1 rings (SSSR count). The van der Waals surface area contributed by atoms with Gasteiger partial charge in [-0.2, -0.15) is 0 Å². The Kier molecular flexibility index (Phi) is 3.96. The molecule has 82 valence electrons. The van der Waals surface area contributed by atoms with Gasteiger partial charge in [0.15, 0.2) is 0 Å². The minimum absolute atomic E-state index is 0.141. The van der Waals surface area contributed by atoms with Crippen LogP contribution in [0.15, 0.2) is 22.7 Å². The third kappa shape index (κ3) is 3.79. The smallest absolute Gasteiger partial charge is 0.411 e. The molecular weight excluding hydrogens is 260 g/mol. The van der Waals surface area contributed by atoms with Crippen molar-refractivity contribution in [3.05, 3.63) is 22.7 Å². The van der Waals surface area contributed by atoms with E-state index in [-0.39, 0.29) is 6.10 Å². The average molecular weight is 273 g/mol. The van der Waals surface area contributed by atoms with Crippen LogP contribution in [0, 0.1) is 0 Å². The minimum atomic E-state index is -0.476. The molecule has 0 fully saturated rings. The number of halogens is 1. The summed E-state index contributed by atoms with van der Waals surface area (Å²) in [6, 6.07) is 5.13. The summed E-state index contributed by atoms with van der Waals surface area (Å²) in [4.78, 5) is 11.3. The molecule has 0 aromatic heterocycles. The van der Waals surface area contributed by atoms with Gasteiger partial charge in [0.05, 0.1) is 11.8 Å². The van der Waals surface area contributed by atoms with E-state index in [4.69, 9.17) is 10.5 Å². The second kappa shape index (κ2) is 5.02. The average Bonchev–Trinajstić information content (AvgIpc) is 2.08. The van der Waals surface area contributed by atoms with Gasteiger partial charge in [-0.15, -0.1) is 0 Å². The molecule has 0 aliphatic heterocycles. The number of amides is 1. The first-order valence-corrected chi connectivity index (χ1v) is 5.31. The Labute approximate surface area is 96.9 Å². The maximum absolute atomic E-state index is 11.3. The number of hydrogen-bond acceptors (Lipinski definition) is 3. The van der Waals surface area contributed by atoms with Crippen LogP contribution in [0.5, 0.6) is 0 Å². The summed E-state index contributed by atoms with van der Waals surface area (Å²) in [5.74, 6) is 0. The summed E-state index contributed by atoms with van der Waals surface area (Å²) < 4.78 is 5.66. The lowest BCUT2D eigenvalue weighted by molar-refractivity contribution is 0.130. The lowest BCUT2D eigenvalue weighted by Gasteiger charge is -2.10. The fourth-order valence-electron chi connectivity index (χ4n) is 0.986. The van der Waals surface area contributed by atoms with Crippen molar-refractivity contribution in [1.29, 1.82) is 0 Å². The van der Waals surface area contributed by atoms with E-state index in [0.29, 0.717) is 11.4 Å². The summed E-state index contributed by atoms with van der Waals surface area (Å²) >= 11 is 3.29. The molecule has 0 saturated heterocycles. The van der Waals surface area contributed by atoms with Crippen molar-refractivity contribution >= 4 is 33.4 Å².